The summed E-state index contributed by atoms with van der Waals surface area (Å²) in [5, 5.41) is 3.45. The summed E-state index contributed by atoms with van der Waals surface area (Å²) < 4.78 is 2.31. The van der Waals surface area contributed by atoms with E-state index >= 15 is 0 Å². The Bertz CT molecular complexity index is 445. The van der Waals surface area contributed by atoms with Crippen molar-refractivity contribution in [2.75, 3.05) is 6.54 Å². The number of rotatable bonds is 5. The van der Waals surface area contributed by atoms with Crippen molar-refractivity contribution in [1.29, 1.82) is 0 Å². The highest BCUT2D eigenvalue weighted by Gasteiger charge is 2.08. The van der Waals surface area contributed by atoms with Crippen LogP contribution >= 0.6 is 0 Å². The number of benzene rings is 1. The maximum atomic E-state index is 3.45. The molecule has 1 aromatic heterocycles. The largest absolute Gasteiger partial charge is 0.346 e. The van der Waals surface area contributed by atoms with E-state index in [1.807, 2.05) is 0 Å². The molecule has 0 amide bonds. The maximum Gasteiger partial charge on any atom is 0.0473 e. The first-order chi connectivity index (χ1) is 8.31. The summed E-state index contributed by atoms with van der Waals surface area (Å²) in [6.45, 7) is 6.29. The molecule has 90 valence electrons. The quantitative estimate of drug-likeness (QED) is 0.831. The van der Waals surface area contributed by atoms with Gasteiger partial charge in [-0.05, 0) is 31.2 Å². The minimum atomic E-state index is 0.402. The summed E-state index contributed by atoms with van der Waals surface area (Å²) in [5.74, 6) is 0. The molecule has 0 saturated carbocycles. The zero-order valence-corrected chi connectivity index (χ0v) is 10.6. The van der Waals surface area contributed by atoms with Crippen LogP contribution in [0.15, 0.2) is 48.7 Å². The van der Waals surface area contributed by atoms with E-state index in [-0.39, 0.29) is 0 Å². The first kappa shape index (κ1) is 11.9. The van der Waals surface area contributed by atoms with Crippen LogP contribution < -0.4 is 5.32 Å². The average molecular weight is 228 g/mol. The molecule has 2 aromatic rings. The van der Waals surface area contributed by atoms with Gasteiger partial charge in [0.05, 0.1) is 0 Å². The molecule has 0 spiro atoms. The number of hydrogen-bond donors (Lipinski definition) is 1. The van der Waals surface area contributed by atoms with Crippen molar-refractivity contribution < 1.29 is 0 Å². The van der Waals surface area contributed by atoms with Gasteiger partial charge in [-0.15, -0.1) is 0 Å². The molecule has 1 heterocycles. The number of aromatic nitrogens is 1. The van der Waals surface area contributed by atoms with Gasteiger partial charge in [0.25, 0.3) is 0 Å². The summed E-state index contributed by atoms with van der Waals surface area (Å²) in [6, 6.07) is 15.3. The fraction of sp³-hybridized carbons (Fsp3) is 0.333. The van der Waals surface area contributed by atoms with Crippen molar-refractivity contribution in [1.82, 2.24) is 9.88 Å². The lowest BCUT2D eigenvalue weighted by Gasteiger charge is -2.16. The van der Waals surface area contributed by atoms with Crippen LogP contribution in [0.1, 0.15) is 31.1 Å². The Morgan fingerprint density at radius 3 is 2.59 bits per heavy atom. The van der Waals surface area contributed by atoms with E-state index in [1.54, 1.807) is 0 Å². The molecule has 2 nitrogen and oxygen atoms in total. The van der Waals surface area contributed by atoms with Gasteiger partial charge in [-0.1, -0.05) is 37.3 Å². The highest BCUT2D eigenvalue weighted by molar-refractivity contribution is 5.18. The fourth-order valence-corrected chi connectivity index (χ4v) is 2.16. The third-order valence-corrected chi connectivity index (χ3v) is 3.01. The van der Waals surface area contributed by atoms with Gasteiger partial charge >= 0.3 is 0 Å². The van der Waals surface area contributed by atoms with E-state index in [9.17, 15) is 0 Å². The van der Waals surface area contributed by atoms with Crippen molar-refractivity contribution >= 4 is 0 Å². The Morgan fingerprint density at radius 1 is 1.12 bits per heavy atom. The van der Waals surface area contributed by atoms with Crippen LogP contribution in [0.25, 0.3) is 0 Å². The third kappa shape index (κ3) is 2.98. The van der Waals surface area contributed by atoms with Crippen LogP contribution in [0.3, 0.4) is 0 Å². The lowest BCUT2D eigenvalue weighted by Crippen LogP contribution is -2.20. The van der Waals surface area contributed by atoms with Gasteiger partial charge in [0.2, 0.25) is 0 Å². The maximum absolute atomic E-state index is 3.45. The van der Waals surface area contributed by atoms with Crippen LogP contribution in [-0.4, -0.2) is 11.1 Å². The normalized spacial score (nSPS) is 12.6. The summed E-state index contributed by atoms with van der Waals surface area (Å²) in [4.78, 5) is 0. The second-order valence-electron chi connectivity index (χ2n) is 4.33. The smallest absolute Gasteiger partial charge is 0.0473 e. The van der Waals surface area contributed by atoms with E-state index in [2.05, 4.69) is 72.4 Å². The fourth-order valence-electron chi connectivity index (χ4n) is 2.16. The second kappa shape index (κ2) is 5.69. The van der Waals surface area contributed by atoms with Crippen molar-refractivity contribution in [2.24, 2.45) is 0 Å². The molecular formula is C15H20N2. The Kier molecular flexibility index (Phi) is 3.99. The van der Waals surface area contributed by atoms with Crippen molar-refractivity contribution in [3.05, 3.63) is 59.9 Å². The number of nitrogens with zero attached hydrogens (tertiary/aromatic N) is 1. The van der Waals surface area contributed by atoms with Gasteiger partial charge in [0.15, 0.2) is 0 Å². The highest BCUT2D eigenvalue weighted by Crippen LogP contribution is 2.15. The minimum absolute atomic E-state index is 0.402. The van der Waals surface area contributed by atoms with Gasteiger partial charge < -0.3 is 9.88 Å². The van der Waals surface area contributed by atoms with E-state index in [1.165, 1.54) is 11.3 Å². The van der Waals surface area contributed by atoms with Crippen molar-refractivity contribution in [3.63, 3.8) is 0 Å². The molecule has 0 bridgehead atoms. The zero-order valence-electron chi connectivity index (χ0n) is 10.6. The molecule has 0 radical (unpaired) electrons. The van der Waals surface area contributed by atoms with Gasteiger partial charge in [-0.25, -0.2) is 0 Å². The topological polar surface area (TPSA) is 17.0 Å². The molecule has 0 aliphatic carbocycles. The predicted octanol–water partition coefficient (Wildman–Crippen LogP) is 3.21. The number of hydrogen-bond acceptors (Lipinski definition) is 1. The molecule has 1 aromatic carbocycles. The van der Waals surface area contributed by atoms with Crippen LogP contribution in [0.4, 0.5) is 0 Å². The summed E-state index contributed by atoms with van der Waals surface area (Å²) in [6.07, 6.45) is 2.15. The Morgan fingerprint density at radius 2 is 1.88 bits per heavy atom. The van der Waals surface area contributed by atoms with E-state index in [4.69, 9.17) is 0 Å². The summed E-state index contributed by atoms with van der Waals surface area (Å²) >= 11 is 0. The Labute approximate surface area is 103 Å². The summed E-state index contributed by atoms with van der Waals surface area (Å²) in [7, 11) is 0. The van der Waals surface area contributed by atoms with Crippen LogP contribution in [-0.2, 0) is 6.54 Å². The third-order valence-electron chi connectivity index (χ3n) is 3.01. The van der Waals surface area contributed by atoms with Gasteiger partial charge in [-0.2, -0.15) is 0 Å². The zero-order chi connectivity index (χ0) is 12.1. The Hall–Kier alpha value is -1.54. The molecular weight excluding hydrogens is 208 g/mol. The molecule has 2 rings (SSSR count). The van der Waals surface area contributed by atoms with E-state index < -0.39 is 0 Å². The lowest BCUT2D eigenvalue weighted by atomic mass is 10.2. The molecule has 1 unspecified atom stereocenters. The standard InChI is InChI=1S/C15H20N2/c1-3-16-13(2)15-10-7-11-17(15)12-14-8-5-4-6-9-14/h4-11,13,16H,3,12H2,1-2H3. The molecule has 0 fully saturated rings. The first-order valence-electron chi connectivity index (χ1n) is 6.23. The molecule has 0 aliphatic rings. The first-order valence-corrected chi connectivity index (χ1v) is 6.23. The molecule has 0 aliphatic heterocycles. The molecule has 0 saturated heterocycles. The second-order valence-corrected chi connectivity index (χ2v) is 4.33. The molecule has 1 atom stereocenters. The average Bonchev–Trinajstić information content (AvgIpc) is 2.79. The van der Waals surface area contributed by atoms with E-state index in [0.717, 1.165) is 13.1 Å². The van der Waals surface area contributed by atoms with Crippen molar-refractivity contribution in [2.45, 2.75) is 26.4 Å². The lowest BCUT2D eigenvalue weighted by molar-refractivity contribution is 0.553. The van der Waals surface area contributed by atoms with Crippen LogP contribution in [0, 0.1) is 0 Å². The summed E-state index contributed by atoms with van der Waals surface area (Å²) in [5.41, 5.74) is 2.68. The predicted molar refractivity (Wildman–Crippen MR) is 72.1 cm³/mol. The molecule has 17 heavy (non-hydrogen) atoms. The Balaban J connectivity index is 2.14. The monoisotopic (exact) mass is 228 g/mol. The van der Waals surface area contributed by atoms with Crippen LogP contribution in [0.2, 0.25) is 0 Å². The van der Waals surface area contributed by atoms with E-state index in [0.29, 0.717) is 6.04 Å². The minimum Gasteiger partial charge on any atom is -0.346 e. The number of nitrogens with one attached hydrogen (secondary N) is 1. The SMILES string of the molecule is CCNC(C)c1cccn1Cc1ccccc1. The van der Waals surface area contributed by atoms with Gasteiger partial charge in [-0.3, -0.25) is 0 Å². The van der Waals surface area contributed by atoms with Gasteiger partial charge in [0, 0.05) is 24.5 Å². The van der Waals surface area contributed by atoms with Gasteiger partial charge in [0.1, 0.15) is 0 Å². The van der Waals surface area contributed by atoms with Crippen molar-refractivity contribution in [3.8, 4) is 0 Å². The molecule has 1 N–H and O–H groups in total. The van der Waals surface area contributed by atoms with Crippen LogP contribution in [0.5, 0.6) is 0 Å². The highest BCUT2D eigenvalue weighted by atomic mass is 15.0. The molecule has 2 heteroatoms.